The quantitative estimate of drug-likeness (QED) is 0.215. The highest BCUT2D eigenvalue weighted by Gasteiger charge is 2.35. The molecule has 36 heavy (non-hydrogen) atoms. The van der Waals surface area contributed by atoms with Gasteiger partial charge in [0.25, 0.3) is 5.56 Å². The molecule has 1 aromatic carbocycles. The lowest BCUT2D eigenvalue weighted by atomic mass is 10.2. The van der Waals surface area contributed by atoms with Crippen molar-refractivity contribution in [1.29, 1.82) is 0 Å². The molecule has 0 spiro atoms. The Hall–Kier alpha value is -4.07. The van der Waals surface area contributed by atoms with Gasteiger partial charge in [-0.3, -0.25) is 14.6 Å². The molecule has 192 valence electrons. The van der Waals surface area contributed by atoms with Gasteiger partial charge in [-0.05, 0) is 19.1 Å². The Morgan fingerprint density at radius 1 is 1.19 bits per heavy atom. The van der Waals surface area contributed by atoms with Crippen LogP contribution < -0.4 is 25.5 Å². The van der Waals surface area contributed by atoms with Crippen LogP contribution in [0, 0.1) is 5.82 Å². The Morgan fingerprint density at radius 2 is 1.89 bits per heavy atom. The molecule has 0 fully saturated rings. The molecular formula is C21H17ClF4N3O7+. The molecule has 0 amide bonds. The van der Waals surface area contributed by atoms with E-state index in [1.807, 2.05) is 0 Å². The summed E-state index contributed by atoms with van der Waals surface area (Å²) in [6.07, 6.45) is -3.87. The summed E-state index contributed by atoms with van der Waals surface area (Å²) >= 11 is 6.03. The van der Waals surface area contributed by atoms with E-state index in [-0.39, 0.29) is 38.3 Å². The Morgan fingerprint density at radius 3 is 2.53 bits per heavy atom. The number of ether oxygens (including phenoxy) is 3. The van der Waals surface area contributed by atoms with Crippen LogP contribution in [0.4, 0.5) is 17.6 Å². The van der Waals surface area contributed by atoms with Crippen LogP contribution in [0.25, 0.3) is 5.69 Å². The molecule has 0 aliphatic carbocycles. The number of aromatic nitrogens is 3. The zero-order valence-corrected chi connectivity index (χ0v) is 19.3. The minimum Gasteiger partial charge on any atom is -0.463 e. The monoisotopic (exact) mass is 534 g/mol. The third-order valence-electron chi connectivity index (χ3n) is 4.60. The minimum absolute atomic E-state index is 0.0796. The zero-order chi connectivity index (χ0) is 26.8. The smallest absolute Gasteiger partial charge is 0.460 e. The molecule has 3 aromatic rings. The van der Waals surface area contributed by atoms with Crippen molar-refractivity contribution in [2.75, 3.05) is 13.2 Å². The van der Waals surface area contributed by atoms with Crippen LogP contribution in [0.15, 0.2) is 46.1 Å². The molecule has 0 unspecified atom stereocenters. The first-order chi connectivity index (χ1) is 16.8. The first-order valence-corrected chi connectivity index (χ1v) is 10.3. The van der Waals surface area contributed by atoms with Gasteiger partial charge in [0.1, 0.15) is 17.3 Å². The van der Waals surface area contributed by atoms with Gasteiger partial charge >= 0.3 is 23.7 Å². The maximum atomic E-state index is 14.7. The van der Waals surface area contributed by atoms with E-state index < -0.39 is 53.1 Å². The number of rotatable bonds is 7. The molecule has 2 heterocycles. The van der Waals surface area contributed by atoms with E-state index in [2.05, 4.69) is 0 Å². The number of hydrogen-bond donors (Lipinski definition) is 1. The van der Waals surface area contributed by atoms with Crippen molar-refractivity contribution in [2.24, 2.45) is 7.05 Å². The number of carbonyl (C=O) groups excluding carboxylic acids is 1. The van der Waals surface area contributed by atoms with Crippen molar-refractivity contribution in [1.82, 2.24) is 9.13 Å². The van der Waals surface area contributed by atoms with Gasteiger partial charge in [0.15, 0.2) is 6.61 Å². The lowest BCUT2D eigenvalue weighted by molar-refractivity contribution is -0.906. The van der Waals surface area contributed by atoms with Gasteiger partial charge in [0.2, 0.25) is 11.9 Å². The fourth-order valence-corrected chi connectivity index (χ4v) is 3.20. The molecule has 10 nitrogen and oxygen atoms in total. The summed E-state index contributed by atoms with van der Waals surface area (Å²) in [4.78, 5) is 36.5. The number of pyridine rings is 1. The molecule has 2 aromatic heterocycles. The summed E-state index contributed by atoms with van der Waals surface area (Å²) in [5.41, 5.74) is -5.22. The number of benzene rings is 1. The van der Waals surface area contributed by atoms with Gasteiger partial charge in [0.05, 0.1) is 17.3 Å². The van der Waals surface area contributed by atoms with Crippen molar-refractivity contribution in [3.05, 3.63) is 73.9 Å². The van der Waals surface area contributed by atoms with Gasteiger partial charge in [0, 0.05) is 30.0 Å². The van der Waals surface area contributed by atoms with Gasteiger partial charge in [-0.25, -0.2) is 18.5 Å². The summed E-state index contributed by atoms with van der Waals surface area (Å²) in [6.45, 7) is 1.04. The summed E-state index contributed by atoms with van der Waals surface area (Å²) in [6, 6.07) is 4.20. The van der Waals surface area contributed by atoms with Crippen LogP contribution in [0.1, 0.15) is 12.6 Å². The lowest BCUT2D eigenvalue weighted by Gasteiger charge is -2.15. The number of halogens is 5. The maximum absolute atomic E-state index is 14.7. The van der Waals surface area contributed by atoms with Crippen LogP contribution in [0.2, 0.25) is 5.02 Å². The van der Waals surface area contributed by atoms with Gasteiger partial charge in [-0.15, -0.1) is 0 Å². The predicted octanol–water partition coefficient (Wildman–Crippen LogP) is 2.61. The second kappa shape index (κ2) is 10.3. The SMILES string of the molecule is CCOC(=O)COc1c(Oc2cc(-n3c(=O)cc(C(F)(F)F)n(C)c3=O)c(F)cc2Cl)ccc[n+]1O. The fourth-order valence-electron chi connectivity index (χ4n) is 3.01. The third kappa shape index (κ3) is 5.43. The largest absolute Gasteiger partial charge is 0.463 e. The predicted molar refractivity (Wildman–Crippen MR) is 113 cm³/mol. The number of carbonyl (C=O) groups is 1. The van der Waals surface area contributed by atoms with E-state index in [1.54, 1.807) is 6.92 Å². The molecule has 0 bridgehead atoms. The second-order valence-electron chi connectivity index (χ2n) is 6.99. The first kappa shape index (κ1) is 26.5. The van der Waals surface area contributed by atoms with Crippen molar-refractivity contribution in [2.45, 2.75) is 13.1 Å². The van der Waals surface area contributed by atoms with Crippen molar-refractivity contribution in [3.8, 4) is 23.1 Å². The number of esters is 1. The van der Waals surface area contributed by atoms with Crippen LogP contribution >= 0.6 is 11.6 Å². The molecule has 0 atom stereocenters. The molecule has 0 aliphatic rings. The summed E-state index contributed by atoms with van der Waals surface area (Å²) in [5, 5.41) is 9.68. The molecular weight excluding hydrogens is 518 g/mol. The molecule has 0 radical (unpaired) electrons. The highest BCUT2D eigenvalue weighted by atomic mass is 35.5. The minimum atomic E-state index is -5.01. The number of nitrogens with zero attached hydrogens (tertiary/aromatic N) is 3. The van der Waals surface area contributed by atoms with Crippen LogP contribution in [-0.4, -0.2) is 33.5 Å². The topological polar surface area (TPSA) is 113 Å². The highest BCUT2D eigenvalue weighted by molar-refractivity contribution is 6.32. The van der Waals surface area contributed by atoms with Crippen molar-refractivity contribution >= 4 is 17.6 Å². The van der Waals surface area contributed by atoms with E-state index in [4.69, 9.17) is 25.8 Å². The molecule has 1 N–H and O–H groups in total. The van der Waals surface area contributed by atoms with E-state index in [0.29, 0.717) is 10.8 Å². The van der Waals surface area contributed by atoms with Gasteiger partial charge < -0.3 is 14.2 Å². The third-order valence-corrected chi connectivity index (χ3v) is 4.89. The maximum Gasteiger partial charge on any atom is 0.460 e. The Bertz CT molecular complexity index is 1440. The van der Waals surface area contributed by atoms with E-state index >= 15 is 0 Å². The number of alkyl halides is 3. The lowest BCUT2D eigenvalue weighted by Crippen LogP contribution is -2.41. The average molecular weight is 535 g/mol. The molecule has 0 saturated heterocycles. The Balaban J connectivity index is 2.08. The van der Waals surface area contributed by atoms with Gasteiger partial charge in [-0.1, -0.05) is 11.6 Å². The first-order valence-electron chi connectivity index (χ1n) is 9.95. The standard InChI is InChI=1S/C21H17ClF4N3O7/c1-3-34-18(31)10-35-19-14(5-4-6-28(19)33)36-15-8-13(12(23)7-11(15)22)29-17(30)9-16(21(24,25)26)27(2)20(29)32/h4-9,33H,3,10H2,1-2H3/q+1. The van der Waals surface area contributed by atoms with Crippen molar-refractivity contribution in [3.63, 3.8) is 0 Å². The van der Waals surface area contributed by atoms with E-state index in [0.717, 1.165) is 19.3 Å². The highest BCUT2D eigenvalue weighted by Crippen LogP contribution is 2.35. The Kier molecular flexibility index (Phi) is 7.57. The molecule has 0 aliphatic heterocycles. The van der Waals surface area contributed by atoms with Crippen LogP contribution in [0.5, 0.6) is 17.4 Å². The number of hydrogen-bond acceptors (Lipinski definition) is 7. The Labute approximate surface area is 204 Å². The average Bonchev–Trinajstić information content (AvgIpc) is 2.78. The molecule has 0 saturated carbocycles. The van der Waals surface area contributed by atoms with Crippen LogP contribution in [0.3, 0.4) is 0 Å². The molecule has 3 rings (SSSR count). The normalized spacial score (nSPS) is 11.3. The van der Waals surface area contributed by atoms with Gasteiger partial charge in [-0.2, -0.15) is 13.2 Å². The fraction of sp³-hybridized carbons (Fsp3) is 0.238. The molecule has 15 heteroatoms. The summed E-state index contributed by atoms with van der Waals surface area (Å²) < 4.78 is 70.4. The van der Waals surface area contributed by atoms with E-state index in [9.17, 15) is 37.2 Å². The second-order valence-corrected chi connectivity index (χ2v) is 7.40. The zero-order valence-electron chi connectivity index (χ0n) is 18.5. The van der Waals surface area contributed by atoms with Crippen LogP contribution in [-0.2, 0) is 22.8 Å². The van der Waals surface area contributed by atoms with E-state index in [1.165, 1.54) is 12.1 Å². The summed E-state index contributed by atoms with van der Waals surface area (Å²) in [5.74, 6) is -2.97. The van der Waals surface area contributed by atoms with Crippen molar-refractivity contribution < 1.29 is 46.5 Å². The summed E-state index contributed by atoms with van der Waals surface area (Å²) in [7, 11) is 0.767.